The molecular weight excluding hydrogens is 466 g/mol. The van der Waals surface area contributed by atoms with E-state index in [-0.39, 0.29) is 36.9 Å². The third kappa shape index (κ3) is 7.72. The normalized spacial score (nSPS) is 17.7. The molecule has 1 fully saturated rings. The van der Waals surface area contributed by atoms with Gasteiger partial charge in [0.2, 0.25) is 12.2 Å². The standard InChI is InChI=1S/C26H31N3O7/c1-15(2)34-26(32)36-16(3)35-23(30)13-20-12-21(29-25(20)31)14-33-22-10-8-18(9-11-22)17-4-6-19(7-5-17)24(27)28/h4-11,15-16,20-21H,12-14H2,1-3H3,(H3,27,28)(H,29,31)/t16?,20-,21-/m0/s1. The molecule has 0 aliphatic carbocycles. The molecule has 4 N–H and O–H groups in total. The molecule has 10 heteroatoms. The first kappa shape index (κ1) is 26.5. The zero-order chi connectivity index (χ0) is 26.2. The summed E-state index contributed by atoms with van der Waals surface area (Å²) in [5.74, 6) is -0.779. The van der Waals surface area contributed by atoms with E-state index in [0.29, 0.717) is 17.7 Å². The van der Waals surface area contributed by atoms with E-state index in [0.717, 1.165) is 11.1 Å². The third-order valence-corrected chi connectivity index (χ3v) is 5.43. The van der Waals surface area contributed by atoms with Gasteiger partial charge in [0, 0.05) is 12.5 Å². The van der Waals surface area contributed by atoms with Crippen molar-refractivity contribution in [1.29, 1.82) is 5.41 Å². The van der Waals surface area contributed by atoms with Gasteiger partial charge in [0.05, 0.1) is 24.5 Å². The average Bonchev–Trinajstić information content (AvgIpc) is 3.16. The van der Waals surface area contributed by atoms with Crippen molar-refractivity contribution >= 4 is 23.9 Å². The molecule has 3 atom stereocenters. The van der Waals surface area contributed by atoms with Crippen molar-refractivity contribution in [3.8, 4) is 16.9 Å². The van der Waals surface area contributed by atoms with Crippen LogP contribution in [0.3, 0.4) is 0 Å². The first-order valence-corrected chi connectivity index (χ1v) is 11.7. The molecule has 2 aromatic carbocycles. The smallest absolute Gasteiger partial charge is 0.491 e. The van der Waals surface area contributed by atoms with E-state index in [1.54, 1.807) is 26.0 Å². The van der Waals surface area contributed by atoms with Crippen LogP contribution in [-0.4, -0.2) is 48.9 Å². The van der Waals surface area contributed by atoms with Crippen molar-refractivity contribution in [3.63, 3.8) is 0 Å². The van der Waals surface area contributed by atoms with Crippen LogP contribution in [0.4, 0.5) is 4.79 Å². The monoisotopic (exact) mass is 497 g/mol. The lowest BCUT2D eigenvalue weighted by Crippen LogP contribution is -2.31. The second-order valence-electron chi connectivity index (χ2n) is 8.76. The van der Waals surface area contributed by atoms with Gasteiger partial charge in [-0.2, -0.15) is 0 Å². The molecule has 1 amide bonds. The Labute approximate surface area is 209 Å². The predicted molar refractivity (Wildman–Crippen MR) is 131 cm³/mol. The zero-order valence-electron chi connectivity index (χ0n) is 20.5. The molecule has 1 unspecified atom stereocenters. The topological polar surface area (TPSA) is 150 Å². The van der Waals surface area contributed by atoms with Gasteiger partial charge in [-0.3, -0.25) is 15.0 Å². The van der Waals surface area contributed by atoms with Crippen molar-refractivity contribution in [2.75, 3.05) is 6.61 Å². The number of ether oxygens (including phenoxy) is 4. The fraction of sp³-hybridized carbons (Fsp3) is 0.385. The molecule has 1 saturated heterocycles. The Morgan fingerprint density at radius 2 is 1.61 bits per heavy atom. The summed E-state index contributed by atoms with van der Waals surface area (Å²) < 4.78 is 20.6. The Bertz CT molecular complexity index is 1080. The highest BCUT2D eigenvalue weighted by molar-refractivity contribution is 5.95. The lowest BCUT2D eigenvalue weighted by Gasteiger charge is -2.16. The molecule has 0 spiro atoms. The van der Waals surface area contributed by atoms with Crippen molar-refractivity contribution in [2.24, 2.45) is 11.7 Å². The Kier molecular flexibility index (Phi) is 8.88. The number of carbonyl (C=O) groups is 3. The van der Waals surface area contributed by atoms with E-state index >= 15 is 0 Å². The second kappa shape index (κ2) is 12.1. The molecule has 1 heterocycles. The third-order valence-electron chi connectivity index (χ3n) is 5.43. The minimum Gasteiger partial charge on any atom is -0.491 e. The van der Waals surface area contributed by atoms with Gasteiger partial charge in [-0.1, -0.05) is 36.4 Å². The summed E-state index contributed by atoms with van der Waals surface area (Å²) in [5, 5.41) is 10.3. The van der Waals surface area contributed by atoms with Crippen molar-refractivity contribution in [1.82, 2.24) is 5.32 Å². The quantitative estimate of drug-likeness (QED) is 0.196. The number of esters is 1. The highest BCUT2D eigenvalue weighted by atomic mass is 16.8. The van der Waals surface area contributed by atoms with E-state index in [1.165, 1.54) is 6.92 Å². The van der Waals surface area contributed by atoms with E-state index in [1.807, 2.05) is 36.4 Å². The van der Waals surface area contributed by atoms with Gasteiger partial charge in [0.15, 0.2) is 0 Å². The van der Waals surface area contributed by atoms with E-state index in [4.69, 9.17) is 30.1 Å². The number of hydrogen-bond acceptors (Lipinski definition) is 8. The van der Waals surface area contributed by atoms with Crippen LogP contribution in [0.5, 0.6) is 5.75 Å². The summed E-state index contributed by atoms with van der Waals surface area (Å²) in [6.07, 6.45) is -2.13. The number of nitrogens with two attached hydrogens (primary N) is 1. The minimum absolute atomic E-state index is 0.0238. The van der Waals surface area contributed by atoms with Gasteiger partial charge >= 0.3 is 12.1 Å². The van der Waals surface area contributed by atoms with E-state index < -0.39 is 24.3 Å². The summed E-state index contributed by atoms with van der Waals surface area (Å²) in [4.78, 5) is 35.9. The summed E-state index contributed by atoms with van der Waals surface area (Å²) >= 11 is 0. The number of nitrogen functional groups attached to an aromatic ring is 1. The van der Waals surface area contributed by atoms with Crippen molar-refractivity contribution < 1.29 is 33.3 Å². The first-order chi connectivity index (χ1) is 17.1. The number of amidine groups is 1. The van der Waals surface area contributed by atoms with Gasteiger partial charge in [-0.05, 0) is 43.5 Å². The molecule has 2 aromatic rings. The molecule has 0 bridgehead atoms. The number of hydrogen-bond donors (Lipinski definition) is 3. The van der Waals surface area contributed by atoms with Crippen molar-refractivity contribution in [3.05, 3.63) is 54.1 Å². The van der Waals surface area contributed by atoms with Gasteiger partial charge in [0.25, 0.3) is 0 Å². The zero-order valence-corrected chi connectivity index (χ0v) is 20.5. The van der Waals surface area contributed by atoms with Crippen molar-refractivity contribution in [2.45, 2.75) is 52.0 Å². The highest BCUT2D eigenvalue weighted by Gasteiger charge is 2.34. The van der Waals surface area contributed by atoms with Crippen LogP contribution in [0.2, 0.25) is 0 Å². The van der Waals surface area contributed by atoms with Crippen LogP contribution in [0, 0.1) is 11.3 Å². The molecule has 1 aliphatic heterocycles. The molecule has 0 aromatic heterocycles. The van der Waals surface area contributed by atoms with Crippen LogP contribution in [-0.2, 0) is 23.8 Å². The molecular formula is C26H31N3O7. The summed E-state index contributed by atoms with van der Waals surface area (Å²) in [6, 6.07) is 14.7. The maximum Gasteiger partial charge on any atom is 0.511 e. The summed E-state index contributed by atoms with van der Waals surface area (Å²) in [6.45, 7) is 4.99. The number of amides is 1. The molecule has 0 radical (unpaired) electrons. The fourth-order valence-corrected chi connectivity index (χ4v) is 3.71. The lowest BCUT2D eigenvalue weighted by atomic mass is 10.0. The maximum absolute atomic E-state index is 12.3. The Hall–Kier alpha value is -4.08. The molecule has 0 saturated carbocycles. The largest absolute Gasteiger partial charge is 0.511 e. The Balaban J connectivity index is 1.43. The van der Waals surface area contributed by atoms with E-state index in [2.05, 4.69) is 5.32 Å². The fourth-order valence-electron chi connectivity index (χ4n) is 3.71. The second-order valence-corrected chi connectivity index (χ2v) is 8.76. The summed E-state index contributed by atoms with van der Waals surface area (Å²) in [7, 11) is 0. The first-order valence-electron chi connectivity index (χ1n) is 11.7. The molecule has 192 valence electrons. The summed E-state index contributed by atoms with van der Waals surface area (Å²) in [5.41, 5.74) is 8.13. The molecule has 3 rings (SSSR count). The van der Waals surface area contributed by atoms with Crippen LogP contribution < -0.4 is 15.8 Å². The van der Waals surface area contributed by atoms with Gasteiger partial charge in [-0.15, -0.1) is 0 Å². The SMILES string of the molecule is CC(C)OC(=O)OC(C)OC(=O)C[C@@H]1C[C@@H](COc2ccc(-c3ccc(C(=N)N)cc3)cc2)NC1=O. The van der Waals surface area contributed by atoms with Crippen LogP contribution >= 0.6 is 0 Å². The molecule has 10 nitrogen and oxygen atoms in total. The van der Waals surface area contributed by atoms with Gasteiger partial charge < -0.3 is 30.0 Å². The molecule has 36 heavy (non-hydrogen) atoms. The van der Waals surface area contributed by atoms with Gasteiger partial charge in [-0.25, -0.2) is 4.79 Å². The number of carbonyl (C=O) groups excluding carboxylic acids is 3. The lowest BCUT2D eigenvalue weighted by molar-refractivity contribution is -0.170. The number of benzene rings is 2. The molecule has 1 aliphatic rings. The van der Waals surface area contributed by atoms with Gasteiger partial charge in [0.1, 0.15) is 18.2 Å². The highest BCUT2D eigenvalue weighted by Crippen LogP contribution is 2.24. The van der Waals surface area contributed by atoms with Crippen LogP contribution in [0.1, 0.15) is 39.2 Å². The minimum atomic E-state index is -1.12. The maximum atomic E-state index is 12.3. The van der Waals surface area contributed by atoms with Crippen LogP contribution in [0.25, 0.3) is 11.1 Å². The average molecular weight is 498 g/mol. The predicted octanol–water partition coefficient (Wildman–Crippen LogP) is 3.36. The number of nitrogens with one attached hydrogen (secondary N) is 2. The van der Waals surface area contributed by atoms with E-state index in [9.17, 15) is 14.4 Å². The number of rotatable bonds is 10. The Morgan fingerprint density at radius 1 is 1.00 bits per heavy atom. The van der Waals surface area contributed by atoms with Crippen LogP contribution in [0.15, 0.2) is 48.5 Å². The Morgan fingerprint density at radius 3 is 2.19 bits per heavy atom.